The van der Waals surface area contributed by atoms with Crippen molar-refractivity contribution < 1.29 is 127 Å². The number of nitrogens with two attached hydrogens (primary N) is 1. The van der Waals surface area contributed by atoms with E-state index in [2.05, 4.69) is 42.5 Å². The van der Waals surface area contributed by atoms with E-state index in [1.165, 1.54) is 84.2 Å². The van der Waals surface area contributed by atoms with Gasteiger partial charge in [-0.1, -0.05) is 38.1 Å². The summed E-state index contributed by atoms with van der Waals surface area (Å²) in [5.41, 5.74) is -1.09. The van der Waals surface area contributed by atoms with E-state index in [-0.39, 0.29) is 46.5 Å². The second kappa shape index (κ2) is 33.8. The van der Waals surface area contributed by atoms with Crippen molar-refractivity contribution in [3.63, 3.8) is 0 Å². The third-order valence-corrected chi connectivity index (χ3v) is 16.6. The number of carboxylic acids is 3. The number of aromatic hydroxyl groups is 2. The Balaban J connectivity index is 1.08. The zero-order chi connectivity index (χ0) is 73.5. The van der Waals surface area contributed by atoms with Gasteiger partial charge in [0.05, 0.1) is 55.3 Å². The fraction of sp³-hybridized carbons (Fsp3) is 0.500. The number of aliphatic carboxylic acids is 3. The molecule has 0 spiro atoms. The maximum absolute atomic E-state index is 14.2. The first kappa shape index (κ1) is 77.8. The molecule has 1 fully saturated rings. The smallest absolute Gasteiger partial charge is 0.407 e. The minimum atomic E-state index is -2.51. The van der Waals surface area contributed by atoms with Crippen LogP contribution in [0.15, 0.2) is 42.5 Å². The van der Waals surface area contributed by atoms with E-state index in [0.29, 0.717) is 24.9 Å². The number of methoxy groups -OCH3 is 1. The van der Waals surface area contributed by atoms with E-state index in [0.717, 1.165) is 0 Å². The summed E-state index contributed by atoms with van der Waals surface area (Å²) in [4.78, 5) is 183. The molecule has 35 heteroatoms. The molecule has 11 atom stereocenters. The van der Waals surface area contributed by atoms with Crippen molar-refractivity contribution in [2.24, 2.45) is 11.7 Å². The molecule has 1 saturated heterocycles. The number of carbonyl (C=O) groups excluding carboxylic acids is 11. The van der Waals surface area contributed by atoms with Crippen LogP contribution in [0.3, 0.4) is 0 Å². The standard InChI is InChI=1S/C64H81N9O26/c1-28(2)51(73-58(90)36(17-18-43(78)79)70-60(92)38(20-44(80)81)69-42(77)24-66-57(89)35(67-30(4)75)11-7-8-19-65)61(93)71-39(21-45(82)83)59(91)68-32-15-13-31(14-16-32)26-97-62(94)72-37-22-46(98-29(3)52(37)84)99-63(5)27-64(95,41(76)25-74)23-34-50(63)56(88)49-48(54(34)86)53(85)33-10-9-12-40(96-6)47(33)55(49)87/h9-10,12-16,28-29,35-39,46,51-52,74,84,86,88,95H,7-8,11,17-27,65H2,1-6H3,(H,66,89)(H,67,75)(H,68,91)(H,69,77)(H,70,92)(H,71,93)(H,72,94)(H,73,90)(H,78,79)(H,80,81)(H,82,83)/t29-,35-,36-,37-,38-,39-,46-,51-,52+,63-,64-/m0/s1. The summed E-state index contributed by atoms with van der Waals surface area (Å²) in [5.74, 6) is -17.3. The number of aliphatic hydroxyl groups excluding tert-OH is 2. The lowest BCUT2D eigenvalue weighted by molar-refractivity contribution is -0.275. The number of phenolic OH excluding ortho intramolecular Hbond substituents is 2. The van der Waals surface area contributed by atoms with Crippen LogP contribution in [0.1, 0.15) is 141 Å². The van der Waals surface area contributed by atoms with Crippen LogP contribution in [0.2, 0.25) is 0 Å². The summed E-state index contributed by atoms with van der Waals surface area (Å²) >= 11 is 0. The summed E-state index contributed by atoms with van der Waals surface area (Å²) < 4.78 is 23.2. The summed E-state index contributed by atoms with van der Waals surface area (Å²) in [6.07, 6.45) is -9.39. The number of carbonyl (C=O) groups is 14. The molecule has 3 aromatic rings. The van der Waals surface area contributed by atoms with E-state index in [9.17, 15) is 108 Å². The summed E-state index contributed by atoms with van der Waals surface area (Å²) in [6.45, 7) is 4.61. The highest BCUT2D eigenvalue weighted by molar-refractivity contribution is 6.31. The van der Waals surface area contributed by atoms with Crippen molar-refractivity contribution in [2.75, 3.05) is 32.1 Å². The van der Waals surface area contributed by atoms with Gasteiger partial charge in [-0.05, 0) is 75.8 Å². The van der Waals surface area contributed by atoms with Gasteiger partial charge in [0.15, 0.2) is 17.9 Å². The summed E-state index contributed by atoms with van der Waals surface area (Å²) in [7, 11) is 1.25. The molecule has 2 aliphatic carbocycles. The highest BCUT2D eigenvalue weighted by Gasteiger charge is 2.55. The number of nitrogens with one attached hydrogen (secondary N) is 8. The van der Waals surface area contributed by atoms with Gasteiger partial charge in [0.2, 0.25) is 47.1 Å². The third-order valence-electron chi connectivity index (χ3n) is 16.6. The molecule has 0 radical (unpaired) electrons. The number of hydrogen-bond acceptors (Lipinski definition) is 24. The van der Waals surface area contributed by atoms with Gasteiger partial charge >= 0.3 is 24.0 Å². The number of anilines is 1. The van der Waals surface area contributed by atoms with Crippen LogP contribution in [-0.2, 0) is 85.6 Å². The number of benzene rings is 3. The number of unbranched alkanes of at least 4 members (excludes halogenated alkanes) is 1. The number of aliphatic hydroxyl groups is 3. The molecule has 538 valence electrons. The molecule has 3 aromatic carbocycles. The number of alkyl carbamates (subject to hydrolysis) is 1. The first-order valence-corrected chi connectivity index (χ1v) is 31.3. The van der Waals surface area contributed by atoms with E-state index in [1.54, 1.807) is 0 Å². The quantitative estimate of drug-likeness (QED) is 0.0186. The molecule has 0 unspecified atom stereocenters. The van der Waals surface area contributed by atoms with Crippen molar-refractivity contribution in [3.05, 3.63) is 81.4 Å². The molecular formula is C64H81N9O26. The highest BCUT2D eigenvalue weighted by atomic mass is 16.7. The Bertz CT molecular complexity index is 3640. The number of phenols is 2. The van der Waals surface area contributed by atoms with Gasteiger partial charge in [-0.15, -0.1) is 0 Å². The minimum Gasteiger partial charge on any atom is -0.507 e. The van der Waals surface area contributed by atoms with Gasteiger partial charge in [-0.3, -0.25) is 62.3 Å². The number of rotatable bonds is 33. The predicted molar refractivity (Wildman–Crippen MR) is 338 cm³/mol. The zero-order valence-electron chi connectivity index (χ0n) is 54.7. The van der Waals surface area contributed by atoms with Crippen LogP contribution in [0.4, 0.5) is 10.5 Å². The average Bonchev–Trinajstić information content (AvgIpc) is 0.702. The maximum Gasteiger partial charge on any atom is 0.407 e. The number of ether oxygens (including phenoxy) is 4. The molecular weight excluding hydrogens is 1310 g/mol. The van der Waals surface area contributed by atoms with E-state index < -0.39 is 235 Å². The normalized spacial score (nSPS) is 20.6. The Kier molecular flexibility index (Phi) is 26.6. The fourth-order valence-electron chi connectivity index (χ4n) is 11.8. The Hall–Kier alpha value is -10.2. The zero-order valence-corrected chi connectivity index (χ0v) is 54.7. The van der Waals surface area contributed by atoms with E-state index in [1.807, 2.05) is 0 Å². The number of fused-ring (bicyclic) bond motifs is 3. The second-order valence-corrected chi connectivity index (χ2v) is 24.5. The number of hydrogen-bond donors (Lipinski definition) is 17. The van der Waals surface area contributed by atoms with Gasteiger partial charge < -0.3 is 108 Å². The van der Waals surface area contributed by atoms with Crippen molar-refractivity contribution in [1.82, 2.24) is 37.2 Å². The van der Waals surface area contributed by atoms with Crippen molar-refractivity contribution >= 4 is 88.4 Å². The maximum atomic E-state index is 14.2. The molecule has 99 heavy (non-hydrogen) atoms. The van der Waals surface area contributed by atoms with Crippen LogP contribution < -0.4 is 53.0 Å². The van der Waals surface area contributed by atoms with Gasteiger partial charge in [0.1, 0.15) is 78.0 Å². The molecule has 0 aromatic heterocycles. The van der Waals surface area contributed by atoms with Gasteiger partial charge in [0.25, 0.3) is 0 Å². The number of Topliss-reactive ketones (excluding diaryl/α,β-unsaturated/α-hetero) is 1. The predicted octanol–water partition coefficient (Wildman–Crippen LogP) is -1.76. The second-order valence-electron chi connectivity index (χ2n) is 24.5. The first-order chi connectivity index (χ1) is 46.6. The third kappa shape index (κ3) is 19.6. The monoisotopic (exact) mass is 1390 g/mol. The van der Waals surface area contributed by atoms with Crippen LogP contribution in [-0.4, -0.2) is 211 Å². The number of amides is 8. The van der Waals surface area contributed by atoms with Crippen molar-refractivity contribution in [3.8, 4) is 17.2 Å². The Morgan fingerprint density at radius 2 is 1.35 bits per heavy atom. The molecule has 0 bridgehead atoms. The van der Waals surface area contributed by atoms with Crippen LogP contribution in [0.5, 0.6) is 17.2 Å². The molecule has 1 heterocycles. The average molecular weight is 1390 g/mol. The molecule has 0 saturated carbocycles. The van der Waals surface area contributed by atoms with Crippen LogP contribution in [0, 0.1) is 5.92 Å². The lowest BCUT2D eigenvalue weighted by Gasteiger charge is -2.47. The van der Waals surface area contributed by atoms with Crippen molar-refractivity contribution in [2.45, 2.75) is 171 Å². The SMILES string of the molecule is COc1cccc2c1C(=O)c1c(O)c3c(c(O)c1C2=O)C[C@@](O)(C(=O)CO)C[C@]3(C)O[C@H]1C[C@H](NC(=O)OCc2ccc(NC(=O)[C@H](CC(=O)O)NC(=O)[C@@H](NC(=O)[C@H](CCC(=O)O)NC(=O)[C@H](CC(=O)O)NC(=O)CNC(=O)[C@H](CCCCN)NC(C)=O)C(C)C)cc2)[C@H](O)[C@H](C)O1. The van der Waals surface area contributed by atoms with E-state index >= 15 is 0 Å². The first-order valence-electron chi connectivity index (χ1n) is 31.3. The van der Waals surface area contributed by atoms with E-state index in [4.69, 9.17) is 24.7 Å². The summed E-state index contributed by atoms with van der Waals surface area (Å²) in [5, 5.41) is 104. The minimum absolute atomic E-state index is 0.0184. The van der Waals surface area contributed by atoms with Gasteiger partial charge in [0, 0.05) is 55.0 Å². The Morgan fingerprint density at radius 1 is 0.737 bits per heavy atom. The Morgan fingerprint density at radius 3 is 1.95 bits per heavy atom. The molecule has 3 aliphatic rings. The van der Waals surface area contributed by atoms with Crippen LogP contribution >= 0.6 is 0 Å². The van der Waals surface area contributed by atoms with Crippen LogP contribution in [0.25, 0.3) is 0 Å². The van der Waals surface area contributed by atoms with Crippen molar-refractivity contribution in [1.29, 1.82) is 0 Å². The molecule has 18 N–H and O–H groups in total. The van der Waals surface area contributed by atoms with Gasteiger partial charge in [-0.2, -0.15) is 0 Å². The fourth-order valence-corrected chi connectivity index (χ4v) is 11.8. The molecule has 8 amide bonds. The molecule has 6 rings (SSSR count). The topological polar surface area (TPSA) is 560 Å². The lowest BCUT2D eigenvalue weighted by Crippen LogP contribution is -2.59. The molecule has 1 aliphatic heterocycles. The lowest BCUT2D eigenvalue weighted by atomic mass is 9.67. The summed E-state index contributed by atoms with van der Waals surface area (Å²) in [6, 6.07) is 0.0786. The largest absolute Gasteiger partial charge is 0.507 e. The highest BCUT2D eigenvalue weighted by Crippen LogP contribution is 2.55. The Labute approximate surface area is 564 Å². The number of carboxylic acid groups (broad SMARTS) is 3. The van der Waals surface area contributed by atoms with Gasteiger partial charge in [-0.25, -0.2) is 4.79 Å². The number of ketones is 3. The molecule has 35 nitrogen and oxygen atoms in total.